The smallest absolute Gasteiger partial charge is 0.220 e. The minimum Gasteiger partial charge on any atom is -0.469 e. The molecule has 0 aliphatic carbocycles. The molecule has 0 unspecified atom stereocenters. The van der Waals surface area contributed by atoms with Crippen molar-refractivity contribution in [2.45, 2.75) is 25.8 Å². The van der Waals surface area contributed by atoms with Gasteiger partial charge in [-0.2, -0.15) is 5.10 Å². The van der Waals surface area contributed by atoms with Crippen LogP contribution < -0.4 is 5.32 Å². The number of furan rings is 1. The van der Waals surface area contributed by atoms with Gasteiger partial charge >= 0.3 is 0 Å². The highest BCUT2D eigenvalue weighted by Gasteiger charge is 2.11. The summed E-state index contributed by atoms with van der Waals surface area (Å²) in [6.45, 7) is 1.98. The number of nitrogens with zero attached hydrogens (tertiary/aromatic N) is 2. The third kappa shape index (κ3) is 3.88. The van der Waals surface area contributed by atoms with Gasteiger partial charge in [0.2, 0.25) is 5.91 Å². The molecule has 2 aromatic heterocycles. The monoisotopic (exact) mass is 309 g/mol. The summed E-state index contributed by atoms with van der Waals surface area (Å²) < 4.78 is 7.04. The first-order valence-corrected chi connectivity index (χ1v) is 7.64. The molecule has 0 spiro atoms. The molecule has 23 heavy (non-hydrogen) atoms. The Morgan fingerprint density at radius 1 is 1.30 bits per heavy atom. The van der Waals surface area contributed by atoms with Gasteiger partial charge in [-0.05, 0) is 42.8 Å². The lowest BCUT2D eigenvalue weighted by atomic mass is 10.1. The number of rotatable bonds is 6. The van der Waals surface area contributed by atoms with Gasteiger partial charge in [0.05, 0.1) is 18.0 Å². The van der Waals surface area contributed by atoms with Crippen molar-refractivity contribution >= 4 is 5.91 Å². The highest BCUT2D eigenvalue weighted by atomic mass is 16.3. The second-order valence-corrected chi connectivity index (χ2v) is 5.41. The van der Waals surface area contributed by atoms with Crippen LogP contribution in [0.2, 0.25) is 0 Å². The summed E-state index contributed by atoms with van der Waals surface area (Å²) in [6, 6.07) is 13.5. The van der Waals surface area contributed by atoms with Gasteiger partial charge in [-0.15, -0.1) is 0 Å². The quantitative estimate of drug-likeness (QED) is 0.760. The van der Waals surface area contributed by atoms with Gasteiger partial charge in [0.1, 0.15) is 5.76 Å². The average Bonchev–Trinajstić information content (AvgIpc) is 3.26. The second-order valence-electron chi connectivity index (χ2n) is 5.41. The zero-order valence-electron chi connectivity index (χ0n) is 13.0. The fourth-order valence-corrected chi connectivity index (χ4v) is 2.45. The van der Waals surface area contributed by atoms with Gasteiger partial charge in [-0.25, -0.2) is 4.68 Å². The number of amides is 1. The number of carbonyl (C=O) groups excluding carboxylic acids is 1. The number of aromatic nitrogens is 2. The van der Waals surface area contributed by atoms with Crippen molar-refractivity contribution in [3.8, 4) is 5.69 Å². The number of carbonyl (C=O) groups is 1. The van der Waals surface area contributed by atoms with Crippen molar-refractivity contribution in [3.63, 3.8) is 0 Å². The normalized spacial score (nSPS) is 12.0. The van der Waals surface area contributed by atoms with E-state index in [0.29, 0.717) is 12.8 Å². The summed E-state index contributed by atoms with van der Waals surface area (Å²) in [6.07, 6.45) is 6.28. The molecule has 5 heteroatoms. The molecule has 5 nitrogen and oxygen atoms in total. The van der Waals surface area contributed by atoms with Crippen molar-refractivity contribution < 1.29 is 9.21 Å². The predicted octanol–water partition coefficient (Wildman–Crippen LogP) is 3.28. The number of hydrogen-bond donors (Lipinski definition) is 1. The van der Waals surface area contributed by atoms with Crippen LogP contribution >= 0.6 is 0 Å². The lowest BCUT2D eigenvalue weighted by Gasteiger charge is -2.15. The summed E-state index contributed by atoms with van der Waals surface area (Å²) in [5.41, 5.74) is 2.02. The van der Waals surface area contributed by atoms with Gasteiger partial charge in [-0.3, -0.25) is 4.79 Å². The number of hydrogen-bond acceptors (Lipinski definition) is 3. The number of aryl methyl sites for hydroxylation is 1. The molecule has 118 valence electrons. The van der Waals surface area contributed by atoms with Crippen LogP contribution in [0, 0.1) is 0 Å². The SMILES string of the molecule is C[C@@H](NC(=O)CCc1ccco1)c1cccc(-n2cccn2)c1. The van der Waals surface area contributed by atoms with Crippen LogP contribution in [0.5, 0.6) is 0 Å². The molecule has 1 N–H and O–H groups in total. The van der Waals surface area contributed by atoms with Crippen molar-refractivity contribution in [3.05, 3.63) is 72.4 Å². The summed E-state index contributed by atoms with van der Waals surface area (Å²) in [4.78, 5) is 12.1. The Balaban J connectivity index is 1.60. The third-order valence-electron chi connectivity index (χ3n) is 3.70. The summed E-state index contributed by atoms with van der Waals surface area (Å²) in [5, 5.41) is 7.25. The first kappa shape index (κ1) is 15.1. The van der Waals surface area contributed by atoms with Crippen LogP contribution in [-0.2, 0) is 11.2 Å². The minimum atomic E-state index is -0.0605. The lowest BCUT2D eigenvalue weighted by Crippen LogP contribution is -2.26. The molecule has 0 saturated heterocycles. The topological polar surface area (TPSA) is 60.1 Å². The maximum Gasteiger partial charge on any atom is 0.220 e. The highest BCUT2D eigenvalue weighted by molar-refractivity contribution is 5.76. The van der Waals surface area contributed by atoms with E-state index in [1.165, 1.54) is 0 Å². The Kier molecular flexibility index (Phi) is 4.57. The van der Waals surface area contributed by atoms with Gasteiger partial charge in [0, 0.05) is 25.2 Å². The fourth-order valence-electron chi connectivity index (χ4n) is 2.45. The molecule has 0 fully saturated rings. The molecule has 1 atom stereocenters. The first-order chi connectivity index (χ1) is 11.2. The lowest BCUT2D eigenvalue weighted by molar-refractivity contribution is -0.121. The molecule has 0 saturated carbocycles. The van der Waals surface area contributed by atoms with Crippen molar-refractivity contribution in [2.24, 2.45) is 0 Å². The largest absolute Gasteiger partial charge is 0.469 e. The van der Waals surface area contributed by atoms with Gasteiger partial charge in [-0.1, -0.05) is 12.1 Å². The Labute approximate surface area is 134 Å². The van der Waals surface area contributed by atoms with E-state index in [-0.39, 0.29) is 11.9 Å². The summed E-state index contributed by atoms with van der Waals surface area (Å²) >= 11 is 0. The maximum absolute atomic E-state index is 12.1. The molecule has 0 bridgehead atoms. The molecule has 1 aromatic carbocycles. The molecule has 0 radical (unpaired) electrons. The fraction of sp³-hybridized carbons (Fsp3) is 0.222. The molecular weight excluding hydrogens is 290 g/mol. The molecule has 3 aromatic rings. The molecular formula is C18H19N3O2. The number of benzene rings is 1. The van der Waals surface area contributed by atoms with E-state index in [2.05, 4.69) is 10.4 Å². The highest BCUT2D eigenvalue weighted by Crippen LogP contribution is 2.17. The van der Waals surface area contributed by atoms with E-state index >= 15 is 0 Å². The molecule has 2 heterocycles. The van der Waals surface area contributed by atoms with Crippen LogP contribution in [0.1, 0.15) is 30.7 Å². The van der Waals surface area contributed by atoms with E-state index in [0.717, 1.165) is 17.0 Å². The van der Waals surface area contributed by atoms with E-state index in [1.807, 2.05) is 55.6 Å². The van der Waals surface area contributed by atoms with Crippen LogP contribution in [0.3, 0.4) is 0 Å². The van der Waals surface area contributed by atoms with E-state index in [4.69, 9.17) is 4.42 Å². The van der Waals surface area contributed by atoms with Crippen LogP contribution in [0.4, 0.5) is 0 Å². The molecule has 0 aliphatic heterocycles. The van der Waals surface area contributed by atoms with Crippen molar-refractivity contribution in [2.75, 3.05) is 0 Å². The first-order valence-electron chi connectivity index (χ1n) is 7.64. The standard InChI is InChI=1S/C18H19N3O2/c1-14(20-18(22)9-8-17-7-3-12-23-17)15-5-2-6-16(13-15)21-11-4-10-19-21/h2-7,10-14H,8-9H2,1H3,(H,20,22)/t14-/m1/s1. The summed E-state index contributed by atoms with van der Waals surface area (Å²) in [5.74, 6) is 0.840. The van der Waals surface area contributed by atoms with E-state index in [9.17, 15) is 4.79 Å². The average molecular weight is 309 g/mol. The third-order valence-corrected chi connectivity index (χ3v) is 3.70. The zero-order valence-corrected chi connectivity index (χ0v) is 13.0. The van der Waals surface area contributed by atoms with Crippen LogP contribution in [-0.4, -0.2) is 15.7 Å². The predicted molar refractivity (Wildman–Crippen MR) is 87.2 cm³/mol. The zero-order chi connectivity index (χ0) is 16.1. The Hall–Kier alpha value is -2.82. The Morgan fingerprint density at radius 2 is 2.22 bits per heavy atom. The van der Waals surface area contributed by atoms with Crippen molar-refractivity contribution in [1.29, 1.82) is 0 Å². The van der Waals surface area contributed by atoms with Gasteiger partial charge < -0.3 is 9.73 Å². The van der Waals surface area contributed by atoms with Crippen LogP contribution in [0.15, 0.2) is 65.5 Å². The van der Waals surface area contributed by atoms with Crippen molar-refractivity contribution in [1.82, 2.24) is 15.1 Å². The molecule has 0 aliphatic rings. The van der Waals surface area contributed by atoms with Gasteiger partial charge in [0.15, 0.2) is 0 Å². The van der Waals surface area contributed by atoms with E-state index in [1.54, 1.807) is 17.1 Å². The second kappa shape index (κ2) is 6.96. The Morgan fingerprint density at radius 3 is 2.96 bits per heavy atom. The Bertz CT molecular complexity index is 748. The number of nitrogens with one attached hydrogen (secondary N) is 1. The minimum absolute atomic E-state index is 0.0124. The molecule has 1 amide bonds. The van der Waals surface area contributed by atoms with Crippen LogP contribution in [0.25, 0.3) is 5.69 Å². The molecule has 3 rings (SSSR count). The maximum atomic E-state index is 12.1. The van der Waals surface area contributed by atoms with Gasteiger partial charge in [0.25, 0.3) is 0 Å². The van der Waals surface area contributed by atoms with E-state index < -0.39 is 0 Å². The summed E-state index contributed by atoms with van der Waals surface area (Å²) in [7, 11) is 0.